The van der Waals surface area contributed by atoms with Crippen molar-refractivity contribution in [2.45, 2.75) is 63.8 Å². The van der Waals surface area contributed by atoms with Gasteiger partial charge < -0.3 is 5.32 Å². The van der Waals surface area contributed by atoms with Crippen LogP contribution in [0, 0.1) is 0 Å². The van der Waals surface area contributed by atoms with E-state index in [1.54, 1.807) is 16.7 Å². The van der Waals surface area contributed by atoms with Crippen molar-refractivity contribution in [1.82, 2.24) is 5.32 Å². The number of aryl methyl sites for hydroxylation is 3. The van der Waals surface area contributed by atoms with Crippen molar-refractivity contribution in [1.29, 1.82) is 0 Å². The molecular formula is C17H25N. The van der Waals surface area contributed by atoms with Gasteiger partial charge in [-0.1, -0.05) is 18.2 Å². The van der Waals surface area contributed by atoms with E-state index in [4.69, 9.17) is 0 Å². The van der Waals surface area contributed by atoms with Gasteiger partial charge in [0, 0.05) is 6.04 Å². The number of fused-ring (bicyclic) bond motifs is 1. The monoisotopic (exact) mass is 243 g/mol. The summed E-state index contributed by atoms with van der Waals surface area (Å²) in [5.74, 6) is 0. The molecule has 1 heteroatoms. The Labute approximate surface area is 111 Å². The van der Waals surface area contributed by atoms with Crippen LogP contribution in [0.25, 0.3) is 0 Å². The van der Waals surface area contributed by atoms with Gasteiger partial charge in [0.15, 0.2) is 0 Å². The van der Waals surface area contributed by atoms with Gasteiger partial charge in [-0.2, -0.15) is 0 Å². The lowest BCUT2D eigenvalue weighted by Gasteiger charge is -2.16. The highest BCUT2D eigenvalue weighted by Crippen LogP contribution is 2.23. The molecule has 1 aromatic rings. The summed E-state index contributed by atoms with van der Waals surface area (Å²) in [6.07, 6.45) is 12.1. The zero-order valence-electron chi connectivity index (χ0n) is 11.4. The van der Waals surface area contributed by atoms with Gasteiger partial charge in [0.2, 0.25) is 0 Å². The Morgan fingerprint density at radius 2 is 1.83 bits per heavy atom. The highest BCUT2D eigenvalue weighted by atomic mass is 14.9. The molecule has 1 saturated carbocycles. The van der Waals surface area contributed by atoms with Crippen molar-refractivity contribution in [2.75, 3.05) is 6.54 Å². The van der Waals surface area contributed by atoms with Crippen molar-refractivity contribution >= 4 is 0 Å². The molecule has 0 aliphatic heterocycles. The van der Waals surface area contributed by atoms with Gasteiger partial charge in [0.1, 0.15) is 0 Å². The molecule has 2 aliphatic carbocycles. The zero-order chi connectivity index (χ0) is 12.2. The van der Waals surface area contributed by atoms with Gasteiger partial charge in [-0.15, -0.1) is 0 Å². The fourth-order valence-corrected chi connectivity index (χ4v) is 2.99. The molecule has 0 amide bonds. The first kappa shape index (κ1) is 12.2. The van der Waals surface area contributed by atoms with Crippen molar-refractivity contribution in [2.24, 2.45) is 0 Å². The van der Waals surface area contributed by atoms with Crippen molar-refractivity contribution in [3.63, 3.8) is 0 Å². The quantitative estimate of drug-likeness (QED) is 0.752. The lowest BCUT2D eigenvalue weighted by atomic mass is 9.89. The molecule has 0 heterocycles. The Kier molecular flexibility index (Phi) is 3.99. The van der Waals surface area contributed by atoms with Crippen LogP contribution in [0.4, 0.5) is 0 Å². The Bertz CT molecular complexity index is 393. The summed E-state index contributed by atoms with van der Waals surface area (Å²) in [5, 5.41) is 3.59. The average Bonchev–Trinajstić information content (AvgIpc) is 3.22. The van der Waals surface area contributed by atoms with Gasteiger partial charge in [0.25, 0.3) is 0 Å². The minimum absolute atomic E-state index is 0.869. The molecule has 2 aliphatic rings. The van der Waals surface area contributed by atoms with Crippen LogP contribution in [0.15, 0.2) is 18.2 Å². The second kappa shape index (κ2) is 5.88. The molecule has 0 unspecified atom stereocenters. The highest BCUT2D eigenvalue weighted by molar-refractivity contribution is 5.33. The van der Waals surface area contributed by atoms with Crippen LogP contribution in [0.2, 0.25) is 0 Å². The van der Waals surface area contributed by atoms with Crippen LogP contribution in [-0.2, 0) is 19.3 Å². The van der Waals surface area contributed by atoms with E-state index in [9.17, 15) is 0 Å². The summed E-state index contributed by atoms with van der Waals surface area (Å²) in [6.45, 7) is 1.22. The second-order valence-corrected chi connectivity index (χ2v) is 6.00. The number of hydrogen-bond donors (Lipinski definition) is 1. The molecule has 18 heavy (non-hydrogen) atoms. The minimum Gasteiger partial charge on any atom is -0.314 e. The van der Waals surface area contributed by atoms with Crippen molar-refractivity contribution in [3.8, 4) is 0 Å². The van der Waals surface area contributed by atoms with E-state index in [0.29, 0.717) is 0 Å². The Balaban J connectivity index is 1.43. The predicted octanol–water partition coefficient (Wildman–Crippen LogP) is 3.64. The molecule has 0 atom stereocenters. The first-order chi connectivity index (χ1) is 8.92. The Morgan fingerprint density at radius 3 is 2.67 bits per heavy atom. The molecule has 0 spiro atoms. The molecule has 1 nitrogen and oxygen atoms in total. The maximum atomic E-state index is 3.59. The molecule has 0 saturated heterocycles. The molecule has 0 aromatic heterocycles. The van der Waals surface area contributed by atoms with Crippen LogP contribution in [0.1, 0.15) is 55.2 Å². The van der Waals surface area contributed by atoms with Gasteiger partial charge in [-0.25, -0.2) is 0 Å². The third-order valence-corrected chi connectivity index (χ3v) is 4.32. The van der Waals surface area contributed by atoms with E-state index in [0.717, 1.165) is 6.04 Å². The van der Waals surface area contributed by atoms with Gasteiger partial charge in [-0.3, -0.25) is 0 Å². The first-order valence-corrected chi connectivity index (χ1v) is 7.76. The molecule has 3 rings (SSSR count). The largest absolute Gasteiger partial charge is 0.314 e. The van der Waals surface area contributed by atoms with Gasteiger partial charge in [0.05, 0.1) is 0 Å². The molecule has 0 radical (unpaired) electrons. The zero-order valence-corrected chi connectivity index (χ0v) is 11.4. The predicted molar refractivity (Wildman–Crippen MR) is 77.0 cm³/mol. The maximum absolute atomic E-state index is 3.59. The number of unbranched alkanes of at least 4 members (excludes halogenated alkanes) is 1. The summed E-state index contributed by atoms with van der Waals surface area (Å²) < 4.78 is 0. The molecule has 1 fully saturated rings. The van der Waals surface area contributed by atoms with Gasteiger partial charge >= 0.3 is 0 Å². The fraction of sp³-hybridized carbons (Fsp3) is 0.647. The SMILES string of the molecule is c1cc2c(cc1CCCCNC1CC1)CCCC2. The number of nitrogens with one attached hydrogen (secondary N) is 1. The first-order valence-electron chi connectivity index (χ1n) is 7.76. The second-order valence-electron chi connectivity index (χ2n) is 6.00. The standard InChI is InChI=1S/C17H25N/c1-2-7-16-13-14(8-9-15(16)6-1)5-3-4-12-18-17-10-11-17/h8-9,13,17-18H,1-7,10-12H2. The third-order valence-electron chi connectivity index (χ3n) is 4.32. The van der Waals surface area contributed by atoms with E-state index in [1.807, 2.05) is 0 Å². The lowest BCUT2D eigenvalue weighted by Crippen LogP contribution is -2.17. The van der Waals surface area contributed by atoms with Crippen LogP contribution < -0.4 is 5.32 Å². The van der Waals surface area contributed by atoms with Crippen LogP contribution in [0.5, 0.6) is 0 Å². The topological polar surface area (TPSA) is 12.0 Å². The summed E-state index contributed by atoms with van der Waals surface area (Å²) >= 11 is 0. The molecule has 1 aromatic carbocycles. The number of benzene rings is 1. The Morgan fingerprint density at radius 1 is 1.00 bits per heavy atom. The van der Waals surface area contributed by atoms with E-state index in [2.05, 4.69) is 23.5 Å². The smallest absolute Gasteiger partial charge is 0.00682 e. The van der Waals surface area contributed by atoms with Crippen LogP contribution >= 0.6 is 0 Å². The van der Waals surface area contributed by atoms with E-state index in [1.165, 1.54) is 64.3 Å². The molecule has 98 valence electrons. The van der Waals surface area contributed by atoms with Gasteiger partial charge in [-0.05, 0) is 81.0 Å². The summed E-state index contributed by atoms with van der Waals surface area (Å²) in [7, 11) is 0. The molecule has 1 N–H and O–H groups in total. The van der Waals surface area contributed by atoms with Crippen LogP contribution in [0.3, 0.4) is 0 Å². The molecule has 0 bridgehead atoms. The average molecular weight is 243 g/mol. The van der Waals surface area contributed by atoms with E-state index >= 15 is 0 Å². The van der Waals surface area contributed by atoms with Crippen LogP contribution in [-0.4, -0.2) is 12.6 Å². The minimum atomic E-state index is 0.869. The lowest BCUT2D eigenvalue weighted by molar-refractivity contribution is 0.619. The van der Waals surface area contributed by atoms with Crippen molar-refractivity contribution in [3.05, 3.63) is 34.9 Å². The molecular weight excluding hydrogens is 218 g/mol. The van der Waals surface area contributed by atoms with Crippen molar-refractivity contribution < 1.29 is 0 Å². The highest BCUT2D eigenvalue weighted by Gasteiger charge is 2.19. The normalized spacial score (nSPS) is 18.7. The Hall–Kier alpha value is -0.820. The summed E-state index contributed by atoms with van der Waals surface area (Å²) in [6, 6.07) is 8.09. The summed E-state index contributed by atoms with van der Waals surface area (Å²) in [5.41, 5.74) is 4.80. The number of rotatable bonds is 6. The fourth-order valence-electron chi connectivity index (χ4n) is 2.99. The summed E-state index contributed by atoms with van der Waals surface area (Å²) in [4.78, 5) is 0. The maximum Gasteiger partial charge on any atom is 0.00682 e. The third kappa shape index (κ3) is 3.35. The van der Waals surface area contributed by atoms with E-state index in [-0.39, 0.29) is 0 Å². The number of hydrogen-bond acceptors (Lipinski definition) is 1. The van der Waals surface area contributed by atoms with E-state index < -0.39 is 0 Å².